The second-order valence-electron chi connectivity index (χ2n) is 3.82. The summed E-state index contributed by atoms with van der Waals surface area (Å²) in [6, 6.07) is 8.01. The van der Waals surface area contributed by atoms with Crippen LogP contribution >= 0.6 is 0 Å². The van der Waals surface area contributed by atoms with Gasteiger partial charge in [-0.3, -0.25) is 4.79 Å². The molecule has 0 aliphatic heterocycles. The number of rotatable bonds is 2. The molecule has 0 unspecified atom stereocenters. The average Bonchev–Trinajstić information content (AvgIpc) is 2.27. The Morgan fingerprint density at radius 3 is 2.67 bits per heavy atom. The Bertz CT molecular complexity index is 579. The third-order valence-corrected chi connectivity index (χ3v) is 2.26. The Balaban J connectivity index is 2.22. The van der Waals surface area contributed by atoms with Gasteiger partial charge in [-0.25, -0.2) is 9.37 Å². The molecule has 1 N–H and O–H groups in total. The van der Waals surface area contributed by atoms with Gasteiger partial charge in [0.2, 0.25) is 5.95 Å². The fourth-order valence-corrected chi connectivity index (χ4v) is 1.53. The number of nitrogens with one attached hydrogen (secondary N) is 1. The molecule has 1 amide bonds. The quantitative estimate of drug-likeness (QED) is 0.830. The number of aromatic nitrogens is 1. The molecule has 0 saturated heterocycles. The number of aryl methyl sites for hydroxylation is 1. The van der Waals surface area contributed by atoms with Crippen molar-refractivity contribution in [2.45, 2.75) is 6.92 Å². The Kier molecular flexibility index (Phi) is 3.32. The largest absolute Gasteiger partial charge is 0.306 e. The van der Waals surface area contributed by atoms with E-state index in [4.69, 9.17) is 0 Å². The van der Waals surface area contributed by atoms with Crippen molar-refractivity contribution in [3.63, 3.8) is 0 Å². The minimum atomic E-state index is -0.691. The van der Waals surface area contributed by atoms with E-state index in [0.717, 1.165) is 6.07 Å². The third-order valence-electron chi connectivity index (χ3n) is 2.26. The zero-order valence-electron chi connectivity index (χ0n) is 9.58. The zero-order valence-corrected chi connectivity index (χ0v) is 9.58. The summed E-state index contributed by atoms with van der Waals surface area (Å²) in [6.45, 7) is 1.68. The van der Waals surface area contributed by atoms with Gasteiger partial charge in [-0.15, -0.1) is 0 Å². The van der Waals surface area contributed by atoms with Crippen LogP contribution in [0.3, 0.4) is 0 Å². The summed E-state index contributed by atoms with van der Waals surface area (Å²) in [5.74, 6) is -1.63. The predicted octanol–water partition coefficient (Wildman–Crippen LogP) is 2.92. The minimum Gasteiger partial charge on any atom is -0.306 e. The lowest BCUT2D eigenvalue weighted by Gasteiger charge is -2.05. The number of carbonyl (C=O) groups is 1. The van der Waals surface area contributed by atoms with Gasteiger partial charge in [0.25, 0.3) is 5.91 Å². The topological polar surface area (TPSA) is 42.0 Å². The smallest absolute Gasteiger partial charge is 0.256 e. The van der Waals surface area contributed by atoms with Gasteiger partial charge >= 0.3 is 0 Å². The zero-order chi connectivity index (χ0) is 13.1. The van der Waals surface area contributed by atoms with Gasteiger partial charge in [0.1, 0.15) is 11.6 Å². The van der Waals surface area contributed by atoms with Crippen molar-refractivity contribution in [3.8, 4) is 0 Å². The van der Waals surface area contributed by atoms with Gasteiger partial charge in [0.05, 0.1) is 0 Å². The lowest BCUT2D eigenvalue weighted by Crippen LogP contribution is -2.13. The monoisotopic (exact) mass is 248 g/mol. The number of anilines is 1. The van der Waals surface area contributed by atoms with Crippen LogP contribution in [0.1, 0.15) is 15.9 Å². The number of benzene rings is 1. The molecule has 0 aliphatic rings. The van der Waals surface area contributed by atoms with E-state index >= 15 is 0 Å². The molecule has 0 aliphatic carbocycles. The highest BCUT2D eigenvalue weighted by Gasteiger charge is 2.09. The highest BCUT2D eigenvalue weighted by atomic mass is 19.1. The van der Waals surface area contributed by atoms with Crippen LogP contribution in [0.5, 0.6) is 0 Å². The normalized spacial score (nSPS) is 10.2. The van der Waals surface area contributed by atoms with Crippen LogP contribution in [0, 0.1) is 18.7 Å². The van der Waals surface area contributed by atoms with Crippen LogP contribution in [0.2, 0.25) is 0 Å². The molecule has 18 heavy (non-hydrogen) atoms. The molecule has 0 bridgehead atoms. The maximum atomic E-state index is 13.1. The molecule has 3 nitrogen and oxygen atoms in total. The second-order valence-corrected chi connectivity index (χ2v) is 3.82. The van der Waals surface area contributed by atoms with Crippen LogP contribution in [0.4, 0.5) is 14.6 Å². The summed E-state index contributed by atoms with van der Waals surface area (Å²) in [7, 11) is 0. The molecule has 1 aromatic heterocycles. The van der Waals surface area contributed by atoms with Crippen molar-refractivity contribution >= 4 is 11.7 Å². The minimum absolute atomic E-state index is 0.0851. The number of pyridine rings is 1. The van der Waals surface area contributed by atoms with Crippen molar-refractivity contribution in [1.29, 1.82) is 0 Å². The molecule has 0 radical (unpaired) electrons. The Labute approximate surface area is 102 Å². The first-order valence-corrected chi connectivity index (χ1v) is 5.26. The van der Waals surface area contributed by atoms with Crippen molar-refractivity contribution in [2.24, 2.45) is 0 Å². The van der Waals surface area contributed by atoms with Gasteiger partial charge in [-0.05, 0) is 42.8 Å². The van der Waals surface area contributed by atoms with Crippen LogP contribution in [0.15, 0.2) is 36.4 Å². The van der Waals surface area contributed by atoms with E-state index < -0.39 is 17.7 Å². The molecule has 5 heteroatoms. The van der Waals surface area contributed by atoms with E-state index in [9.17, 15) is 13.6 Å². The second kappa shape index (κ2) is 4.91. The standard InChI is InChI=1S/C13H10F2N2O/c1-8-5-9(7-10(14)6-8)13(18)17-12-4-2-3-11(15)16-12/h2-7H,1H3,(H,16,17,18). The predicted molar refractivity (Wildman–Crippen MR) is 63.3 cm³/mol. The molecule has 2 rings (SSSR count). The third kappa shape index (κ3) is 2.88. The lowest BCUT2D eigenvalue weighted by atomic mass is 10.1. The van der Waals surface area contributed by atoms with Crippen LogP contribution in [0.25, 0.3) is 0 Å². The Morgan fingerprint density at radius 1 is 1.22 bits per heavy atom. The van der Waals surface area contributed by atoms with Crippen LogP contribution in [-0.4, -0.2) is 10.9 Å². The summed E-state index contributed by atoms with van der Waals surface area (Å²) in [5.41, 5.74) is 0.797. The van der Waals surface area contributed by atoms with E-state index in [0.29, 0.717) is 5.56 Å². The summed E-state index contributed by atoms with van der Waals surface area (Å²) >= 11 is 0. The van der Waals surface area contributed by atoms with Gasteiger partial charge in [0.15, 0.2) is 0 Å². The highest BCUT2D eigenvalue weighted by molar-refractivity contribution is 6.03. The number of carbonyl (C=O) groups excluding carboxylic acids is 1. The maximum Gasteiger partial charge on any atom is 0.256 e. The molecular weight excluding hydrogens is 238 g/mol. The number of hydrogen-bond donors (Lipinski definition) is 1. The molecule has 1 aromatic carbocycles. The highest BCUT2D eigenvalue weighted by Crippen LogP contribution is 2.11. The fraction of sp³-hybridized carbons (Fsp3) is 0.0769. The van der Waals surface area contributed by atoms with Crippen LogP contribution < -0.4 is 5.32 Å². The van der Waals surface area contributed by atoms with Gasteiger partial charge in [0, 0.05) is 5.56 Å². The first kappa shape index (κ1) is 12.2. The van der Waals surface area contributed by atoms with Crippen molar-refractivity contribution in [2.75, 3.05) is 5.32 Å². The summed E-state index contributed by atoms with van der Waals surface area (Å²) in [4.78, 5) is 15.3. The van der Waals surface area contributed by atoms with Crippen molar-refractivity contribution in [1.82, 2.24) is 4.98 Å². The molecular formula is C13H10F2N2O. The average molecular weight is 248 g/mol. The molecule has 92 valence electrons. The molecule has 0 fully saturated rings. The number of amides is 1. The van der Waals surface area contributed by atoms with E-state index in [1.807, 2.05) is 0 Å². The summed E-state index contributed by atoms with van der Waals surface area (Å²) in [5, 5.41) is 2.40. The van der Waals surface area contributed by atoms with E-state index in [2.05, 4.69) is 10.3 Å². The first-order valence-electron chi connectivity index (χ1n) is 5.26. The molecule has 2 aromatic rings. The van der Waals surface area contributed by atoms with Crippen molar-refractivity contribution < 1.29 is 13.6 Å². The van der Waals surface area contributed by atoms with Gasteiger partial charge < -0.3 is 5.32 Å². The van der Waals surface area contributed by atoms with Gasteiger partial charge in [-0.1, -0.05) is 6.07 Å². The number of nitrogens with zero attached hydrogens (tertiary/aromatic N) is 1. The van der Waals surface area contributed by atoms with Gasteiger partial charge in [-0.2, -0.15) is 4.39 Å². The number of halogens is 2. The number of hydrogen-bond acceptors (Lipinski definition) is 2. The van der Waals surface area contributed by atoms with Crippen LogP contribution in [-0.2, 0) is 0 Å². The maximum absolute atomic E-state index is 13.1. The first-order chi connectivity index (χ1) is 8.54. The van der Waals surface area contributed by atoms with E-state index in [1.54, 1.807) is 6.92 Å². The fourth-order valence-electron chi connectivity index (χ4n) is 1.53. The van der Waals surface area contributed by atoms with E-state index in [1.165, 1.54) is 30.3 Å². The van der Waals surface area contributed by atoms with E-state index in [-0.39, 0.29) is 11.4 Å². The summed E-state index contributed by atoms with van der Waals surface area (Å²) in [6.07, 6.45) is 0. The molecule has 0 spiro atoms. The summed E-state index contributed by atoms with van der Waals surface area (Å²) < 4.78 is 26.0. The molecule has 1 heterocycles. The van der Waals surface area contributed by atoms with Crippen molar-refractivity contribution in [3.05, 3.63) is 59.3 Å². The SMILES string of the molecule is Cc1cc(F)cc(C(=O)Nc2cccc(F)n2)c1. The molecule has 0 atom stereocenters. The lowest BCUT2D eigenvalue weighted by molar-refractivity contribution is 0.102. The Hall–Kier alpha value is -2.30. The Morgan fingerprint density at radius 2 is 2.00 bits per heavy atom. The molecule has 0 saturated carbocycles.